The van der Waals surface area contributed by atoms with Crippen molar-refractivity contribution in [1.29, 1.82) is 0 Å². The Morgan fingerprint density at radius 2 is 1.86 bits per heavy atom. The lowest BCUT2D eigenvalue weighted by molar-refractivity contribution is 0.587. The third-order valence-electron chi connectivity index (χ3n) is 3.02. The van der Waals surface area contributed by atoms with Crippen LogP contribution in [0.15, 0.2) is 41.6 Å². The van der Waals surface area contributed by atoms with Crippen LogP contribution in [0.3, 0.4) is 0 Å². The molecule has 1 aromatic carbocycles. The summed E-state index contributed by atoms with van der Waals surface area (Å²) >= 11 is 7.94. The molecule has 108 valence electrons. The van der Waals surface area contributed by atoms with Gasteiger partial charge in [0.15, 0.2) is 5.65 Å². The summed E-state index contributed by atoms with van der Waals surface area (Å²) in [7, 11) is -3.73. The van der Waals surface area contributed by atoms with E-state index < -0.39 is 10.0 Å². The average Bonchev–Trinajstić information content (AvgIpc) is 2.77. The number of halogens is 2. The third kappa shape index (κ3) is 2.43. The lowest BCUT2D eigenvalue weighted by Gasteiger charge is -2.08. The van der Waals surface area contributed by atoms with Gasteiger partial charge in [0.25, 0.3) is 10.0 Å². The molecule has 0 saturated heterocycles. The Hall–Kier alpha value is -1.19. The van der Waals surface area contributed by atoms with Crippen LogP contribution >= 0.6 is 34.2 Å². The van der Waals surface area contributed by atoms with E-state index in [2.05, 4.69) is 9.97 Å². The van der Waals surface area contributed by atoms with E-state index >= 15 is 0 Å². The van der Waals surface area contributed by atoms with Crippen molar-refractivity contribution in [2.75, 3.05) is 0 Å². The number of aromatic nitrogens is 3. The van der Waals surface area contributed by atoms with Crippen LogP contribution in [0.1, 0.15) is 5.56 Å². The molecular weight excluding hydrogens is 425 g/mol. The van der Waals surface area contributed by atoms with Gasteiger partial charge in [-0.25, -0.2) is 22.4 Å². The molecule has 0 aliphatic heterocycles. The molecule has 3 aromatic rings. The van der Waals surface area contributed by atoms with Crippen molar-refractivity contribution in [2.24, 2.45) is 0 Å². The summed E-state index contributed by atoms with van der Waals surface area (Å²) in [6.07, 6.45) is 1.25. The zero-order chi connectivity index (χ0) is 15.2. The van der Waals surface area contributed by atoms with Gasteiger partial charge in [0.05, 0.1) is 14.0 Å². The van der Waals surface area contributed by atoms with Gasteiger partial charge < -0.3 is 0 Å². The Bertz CT molecular complexity index is 936. The van der Waals surface area contributed by atoms with Crippen LogP contribution in [-0.2, 0) is 10.0 Å². The fraction of sp³-hybridized carbons (Fsp3) is 0.0769. The first-order chi connectivity index (χ1) is 9.91. The van der Waals surface area contributed by atoms with Crippen molar-refractivity contribution >= 4 is 55.2 Å². The quantitative estimate of drug-likeness (QED) is 0.460. The fourth-order valence-corrected chi connectivity index (χ4v) is 4.82. The van der Waals surface area contributed by atoms with Crippen molar-refractivity contribution in [3.63, 3.8) is 0 Å². The van der Waals surface area contributed by atoms with Crippen LogP contribution in [0.5, 0.6) is 0 Å². The second-order valence-electron chi connectivity index (χ2n) is 4.45. The molecule has 0 bridgehead atoms. The maximum atomic E-state index is 12.8. The van der Waals surface area contributed by atoms with Gasteiger partial charge in [0, 0.05) is 0 Å². The molecule has 0 radical (unpaired) electrons. The molecule has 0 aliphatic rings. The second kappa shape index (κ2) is 5.22. The Labute approximate surface area is 140 Å². The number of nitrogens with zero attached hydrogens (tertiary/aromatic N) is 3. The largest absolute Gasteiger partial charge is 0.270 e. The Morgan fingerprint density at radius 3 is 2.52 bits per heavy atom. The maximum absolute atomic E-state index is 12.8. The summed E-state index contributed by atoms with van der Waals surface area (Å²) in [5.41, 5.74) is 1.27. The van der Waals surface area contributed by atoms with Crippen molar-refractivity contribution in [3.8, 4) is 0 Å². The Kier molecular flexibility index (Phi) is 3.66. The van der Waals surface area contributed by atoms with Crippen molar-refractivity contribution < 1.29 is 8.42 Å². The summed E-state index contributed by atoms with van der Waals surface area (Å²) in [4.78, 5) is 8.13. The van der Waals surface area contributed by atoms with Gasteiger partial charge in [-0.3, -0.25) is 0 Å². The first kappa shape index (κ1) is 14.7. The Morgan fingerprint density at radius 1 is 1.19 bits per heavy atom. The molecule has 2 aromatic heterocycles. The topological polar surface area (TPSA) is 64.8 Å². The highest BCUT2D eigenvalue weighted by molar-refractivity contribution is 14.1. The lowest BCUT2D eigenvalue weighted by atomic mass is 10.2. The van der Waals surface area contributed by atoms with E-state index in [0.29, 0.717) is 9.09 Å². The van der Waals surface area contributed by atoms with Gasteiger partial charge in [-0.1, -0.05) is 29.3 Å². The van der Waals surface area contributed by atoms with Crippen LogP contribution in [-0.4, -0.2) is 22.4 Å². The van der Waals surface area contributed by atoms with E-state index in [1.807, 2.05) is 29.5 Å². The van der Waals surface area contributed by atoms with Gasteiger partial charge in [-0.15, -0.1) is 0 Å². The van der Waals surface area contributed by atoms with Crippen molar-refractivity contribution in [1.82, 2.24) is 13.9 Å². The summed E-state index contributed by atoms with van der Waals surface area (Å²) in [6.45, 7) is 1.90. The highest BCUT2D eigenvalue weighted by Crippen LogP contribution is 2.28. The molecule has 5 nitrogen and oxygen atoms in total. The summed E-state index contributed by atoms with van der Waals surface area (Å²) in [5, 5.41) is 0.745. The number of fused-ring (bicyclic) bond motifs is 1. The van der Waals surface area contributed by atoms with E-state index in [4.69, 9.17) is 11.6 Å². The van der Waals surface area contributed by atoms with Gasteiger partial charge in [-0.05, 0) is 47.7 Å². The fourth-order valence-electron chi connectivity index (χ4n) is 1.97. The van der Waals surface area contributed by atoms with E-state index in [0.717, 1.165) is 5.56 Å². The lowest BCUT2D eigenvalue weighted by Crippen LogP contribution is -2.15. The molecule has 0 aliphatic carbocycles. The maximum Gasteiger partial charge on any atom is 0.270 e. The van der Waals surface area contributed by atoms with Gasteiger partial charge >= 0.3 is 0 Å². The van der Waals surface area contributed by atoms with Gasteiger partial charge in [0.1, 0.15) is 11.5 Å². The molecule has 0 saturated carbocycles. The molecule has 8 heteroatoms. The van der Waals surface area contributed by atoms with Gasteiger partial charge in [0.2, 0.25) is 0 Å². The van der Waals surface area contributed by atoms with Gasteiger partial charge in [-0.2, -0.15) is 0 Å². The molecule has 3 rings (SSSR count). The highest BCUT2D eigenvalue weighted by Gasteiger charge is 2.24. The number of aryl methyl sites for hydroxylation is 1. The first-order valence-electron chi connectivity index (χ1n) is 5.91. The van der Waals surface area contributed by atoms with Crippen molar-refractivity contribution in [3.05, 3.63) is 51.1 Å². The molecule has 0 spiro atoms. The van der Waals surface area contributed by atoms with Crippen LogP contribution in [0, 0.1) is 10.6 Å². The number of hydrogen-bond acceptors (Lipinski definition) is 4. The first-order valence-corrected chi connectivity index (χ1v) is 8.80. The molecule has 0 amide bonds. The molecule has 0 fully saturated rings. The summed E-state index contributed by atoms with van der Waals surface area (Å²) in [6, 6.07) is 8.33. The van der Waals surface area contributed by atoms with Crippen LogP contribution in [0.2, 0.25) is 5.15 Å². The Balaban J connectivity index is 2.31. The molecule has 2 heterocycles. The van der Waals surface area contributed by atoms with E-state index in [-0.39, 0.29) is 15.7 Å². The normalized spacial score (nSPS) is 12.0. The SMILES string of the molecule is Cc1ccc(S(=O)(=O)n2c(I)cc3c(Cl)ncnc32)cc1. The minimum absolute atomic E-state index is 0.207. The zero-order valence-electron chi connectivity index (χ0n) is 10.8. The van der Waals surface area contributed by atoms with Crippen LogP contribution < -0.4 is 0 Å². The summed E-state index contributed by atoms with van der Waals surface area (Å²) in [5.74, 6) is 0. The highest BCUT2D eigenvalue weighted by atomic mass is 127. The molecular formula is C13H9ClIN3O2S. The molecule has 21 heavy (non-hydrogen) atoms. The van der Waals surface area contributed by atoms with E-state index in [1.165, 1.54) is 10.3 Å². The molecule has 0 atom stereocenters. The number of hydrogen-bond donors (Lipinski definition) is 0. The average molecular weight is 434 g/mol. The summed E-state index contributed by atoms with van der Waals surface area (Å²) < 4.78 is 27.3. The zero-order valence-corrected chi connectivity index (χ0v) is 14.5. The monoisotopic (exact) mass is 433 g/mol. The molecule has 0 N–H and O–H groups in total. The smallest absolute Gasteiger partial charge is 0.224 e. The van der Waals surface area contributed by atoms with E-state index in [1.54, 1.807) is 30.3 Å². The number of rotatable bonds is 2. The predicted octanol–water partition coefficient (Wildman–Crippen LogP) is 3.23. The minimum Gasteiger partial charge on any atom is -0.224 e. The van der Waals surface area contributed by atoms with Crippen LogP contribution in [0.4, 0.5) is 0 Å². The van der Waals surface area contributed by atoms with E-state index in [9.17, 15) is 8.42 Å². The standard InChI is InChI=1S/C13H9ClIN3O2S/c1-8-2-4-9(5-3-8)21(19,20)18-11(15)6-10-12(14)16-7-17-13(10)18/h2-7H,1H3. The second-order valence-corrected chi connectivity index (χ2v) is 7.70. The number of benzene rings is 1. The predicted molar refractivity (Wildman–Crippen MR) is 89.0 cm³/mol. The third-order valence-corrected chi connectivity index (χ3v) is 6.16. The van der Waals surface area contributed by atoms with Crippen LogP contribution in [0.25, 0.3) is 11.0 Å². The van der Waals surface area contributed by atoms with Crippen molar-refractivity contribution in [2.45, 2.75) is 11.8 Å². The minimum atomic E-state index is -3.73. The molecule has 0 unspecified atom stereocenters.